The van der Waals surface area contributed by atoms with E-state index in [0.717, 1.165) is 53.8 Å². The van der Waals surface area contributed by atoms with E-state index in [-0.39, 0.29) is 5.56 Å². The van der Waals surface area contributed by atoms with Gasteiger partial charge in [-0.1, -0.05) is 39.8 Å². The molecule has 5 nitrogen and oxygen atoms in total. The molecule has 0 aliphatic carbocycles. The number of aryl methyl sites for hydroxylation is 1. The quantitative estimate of drug-likeness (QED) is 0.452. The van der Waals surface area contributed by atoms with E-state index >= 15 is 0 Å². The molecule has 0 spiro atoms. The molecule has 0 fully saturated rings. The molecule has 3 aromatic rings. The maximum Gasteiger partial charge on any atom is 0.257 e. The lowest BCUT2D eigenvalue weighted by atomic mass is 10.0. The highest BCUT2D eigenvalue weighted by molar-refractivity contribution is 5.86. The van der Waals surface area contributed by atoms with E-state index in [1.165, 1.54) is 5.56 Å². The molecular formula is C24H33N3O2. The Morgan fingerprint density at radius 2 is 1.97 bits per heavy atom. The minimum Gasteiger partial charge on any atom is -0.383 e. The number of ether oxygens (including phenoxy) is 1. The molecule has 3 N–H and O–H groups in total. The number of H-pyrrole nitrogens is 2. The molecule has 1 aromatic carbocycles. The van der Waals surface area contributed by atoms with Crippen LogP contribution in [-0.4, -0.2) is 30.2 Å². The van der Waals surface area contributed by atoms with Gasteiger partial charge in [0.25, 0.3) is 5.56 Å². The Morgan fingerprint density at radius 1 is 1.17 bits per heavy atom. The van der Waals surface area contributed by atoms with Crippen molar-refractivity contribution in [3.05, 3.63) is 64.1 Å². The fourth-order valence-electron chi connectivity index (χ4n) is 3.29. The predicted octanol–water partition coefficient (Wildman–Crippen LogP) is 4.88. The lowest BCUT2D eigenvalue weighted by Gasteiger charge is -2.07. The third-order valence-corrected chi connectivity index (χ3v) is 4.67. The van der Waals surface area contributed by atoms with E-state index in [1.54, 1.807) is 13.2 Å². The number of rotatable bonds is 9. The second kappa shape index (κ2) is 11.4. The zero-order valence-electron chi connectivity index (χ0n) is 18.0. The molecule has 3 rings (SSSR count). The van der Waals surface area contributed by atoms with Crippen molar-refractivity contribution in [2.75, 3.05) is 20.3 Å². The van der Waals surface area contributed by atoms with E-state index in [9.17, 15) is 4.79 Å². The summed E-state index contributed by atoms with van der Waals surface area (Å²) in [6.07, 6.45) is 3.63. The Labute approximate surface area is 173 Å². The number of fused-ring (bicyclic) bond motifs is 1. The van der Waals surface area contributed by atoms with Crippen LogP contribution >= 0.6 is 0 Å². The summed E-state index contributed by atoms with van der Waals surface area (Å²) in [6.45, 7) is 12.2. The number of hydrogen-bond donors (Lipinski definition) is 3. The fourth-order valence-corrected chi connectivity index (χ4v) is 3.29. The second-order valence-corrected chi connectivity index (χ2v) is 6.68. The summed E-state index contributed by atoms with van der Waals surface area (Å²) < 4.78 is 5.05. The van der Waals surface area contributed by atoms with Gasteiger partial charge in [-0.3, -0.25) is 4.79 Å². The minimum absolute atomic E-state index is 0.0993. The molecule has 0 saturated carbocycles. The van der Waals surface area contributed by atoms with Gasteiger partial charge in [0.1, 0.15) is 0 Å². The summed E-state index contributed by atoms with van der Waals surface area (Å²) in [5.41, 5.74) is 5.55. The molecule has 0 amide bonds. The molecule has 0 saturated heterocycles. The highest BCUT2D eigenvalue weighted by Gasteiger charge is 2.11. The van der Waals surface area contributed by atoms with Crippen molar-refractivity contribution in [2.24, 2.45) is 0 Å². The molecule has 0 aliphatic heterocycles. The Bertz CT molecular complexity index is 985. The van der Waals surface area contributed by atoms with Gasteiger partial charge in [-0.15, -0.1) is 0 Å². The second-order valence-electron chi connectivity index (χ2n) is 6.68. The third kappa shape index (κ3) is 5.68. The maximum atomic E-state index is 12.6. The minimum atomic E-state index is -0.0993. The van der Waals surface area contributed by atoms with Crippen LogP contribution in [-0.2, 0) is 17.7 Å². The van der Waals surface area contributed by atoms with Crippen LogP contribution in [0.15, 0.2) is 41.7 Å². The third-order valence-electron chi connectivity index (χ3n) is 4.67. The van der Waals surface area contributed by atoms with Gasteiger partial charge in [0, 0.05) is 36.8 Å². The molecule has 29 heavy (non-hydrogen) atoms. The number of methoxy groups -OCH3 is 1. The van der Waals surface area contributed by atoms with Crippen LogP contribution in [0.4, 0.5) is 0 Å². The molecule has 2 heterocycles. The van der Waals surface area contributed by atoms with Crippen molar-refractivity contribution in [2.45, 2.75) is 40.2 Å². The SMILES string of the molecule is C=Cc1[nH]c(=O)c(-c2cc3cc(CNCCOC)ccc3[nH]2)cc1CCC.CC. The van der Waals surface area contributed by atoms with Gasteiger partial charge in [-0.25, -0.2) is 0 Å². The Morgan fingerprint density at radius 3 is 2.66 bits per heavy atom. The van der Waals surface area contributed by atoms with Crippen LogP contribution in [0.3, 0.4) is 0 Å². The first-order valence-electron chi connectivity index (χ1n) is 10.4. The van der Waals surface area contributed by atoms with Crippen molar-refractivity contribution in [3.8, 4) is 11.3 Å². The van der Waals surface area contributed by atoms with E-state index in [0.29, 0.717) is 12.2 Å². The first-order valence-corrected chi connectivity index (χ1v) is 10.4. The number of hydrogen-bond acceptors (Lipinski definition) is 3. The molecule has 0 unspecified atom stereocenters. The summed E-state index contributed by atoms with van der Waals surface area (Å²) in [5, 5.41) is 4.45. The molecule has 0 radical (unpaired) electrons. The van der Waals surface area contributed by atoms with Gasteiger partial charge in [-0.05, 0) is 47.9 Å². The van der Waals surface area contributed by atoms with Crippen LogP contribution in [0.25, 0.3) is 28.2 Å². The van der Waals surface area contributed by atoms with Gasteiger partial charge in [0.15, 0.2) is 0 Å². The predicted molar refractivity (Wildman–Crippen MR) is 123 cm³/mol. The number of benzene rings is 1. The van der Waals surface area contributed by atoms with E-state index in [1.807, 2.05) is 26.0 Å². The Kier molecular flexibility index (Phi) is 8.90. The van der Waals surface area contributed by atoms with Crippen LogP contribution in [0.5, 0.6) is 0 Å². The van der Waals surface area contributed by atoms with Crippen molar-refractivity contribution >= 4 is 17.0 Å². The lowest BCUT2D eigenvalue weighted by Crippen LogP contribution is -2.18. The summed E-state index contributed by atoms with van der Waals surface area (Å²) in [6, 6.07) is 10.3. The highest BCUT2D eigenvalue weighted by atomic mass is 16.5. The van der Waals surface area contributed by atoms with Crippen molar-refractivity contribution in [1.82, 2.24) is 15.3 Å². The van der Waals surface area contributed by atoms with Crippen molar-refractivity contribution in [1.29, 1.82) is 0 Å². The number of aromatic nitrogens is 2. The normalized spacial score (nSPS) is 10.6. The van der Waals surface area contributed by atoms with E-state index in [2.05, 4.69) is 47.0 Å². The zero-order valence-corrected chi connectivity index (χ0v) is 18.0. The van der Waals surface area contributed by atoms with Gasteiger partial charge in [-0.2, -0.15) is 0 Å². The molecule has 2 aromatic heterocycles. The van der Waals surface area contributed by atoms with Gasteiger partial charge in [0.2, 0.25) is 0 Å². The first-order chi connectivity index (χ1) is 14.2. The Balaban J connectivity index is 0.00000145. The summed E-state index contributed by atoms with van der Waals surface area (Å²) in [7, 11) is 1.70. The lowest BCUT2D eigenvalue weighted by molar-refractivity contribution is 0.199. The fraction of sp³-hybridized carbons (Fsp3) is 0.375. The number of nitrogens with one attached hydrogen (secondary N) is 3. The zero-order chi connectivity index (χ0) is 21.2. The van der Waals surface area contributed by atoms with Crippen LogP contribution in [0, 0.1) is 0 Å². The average molecular weight is 396 g/mol. The molecular weight excluding hydrogens is 362 g/mol. The highest BCUT2D eigenvalue weighted by Crippen LogP contribution is 2.24. The van der Waals surface area contributed by atoms with E-state index in [4.69, 9.17) is 4.74 Å². The monoisotopic (exact) mass is 395 g/mol. The molecule has 0 atom stereocenters. The molecule has 0 aliphatic rings. The van der Waals surface area contributed by atoms with Crippen LogP contribution < -0.4 is 10.9 Å². The summed E-state index contributed by atoms with van der Waals surface area (Å²) >= 11 is 0. The van der Waals surface area contributed by atoms with Gasteiger partial charge >= 0.3 is 0 Å². The topological polar surface area (TPSA) is 69.9 Å². The van der Waals surface area contributed by atoms with Gasteiger partial charge in [0.05, 0.1) is 17.9 Å². The Hall–Kier alpha value is -2.63. The first kappa shape index (κ1) is 22.7. The average Bonchev–Trinajstić information content (AvgIpc) is 3.17. The van der Waals surface area contributed by atoms with E-state index < -0.39 is 0 Å². The number of aromatic amines is 2. The van der Waals surface area contributed by atoms with Gasteiger partial charge < -0.3 is 20.0 Å². The molecule has 5 heteroatoms. The van der Waals surface area contributed by atoms with Crippen molar-refractivity contribution < 1.29 is 4.74 Å². The summed E-state index contributed by atoms with van der Waals surface area (Å²) in [4.78, 5) is 18.9. The number of pyridine rings is 1. The largest absolute Gasteiger partial charge is 0.383 e. The van der Waals surface area contributed by atoms with Crippen LogP contribution in [0.2, 0.25) is 0 Å². The summed E-state index contributed by atoms with van der Waals surface area (Å²) in [5.74, 6) is 0. The smallest absolute Gasteiger partial charge is 0.257 e. The maximum absolute atomic E-state index is 12.6. The molecule has 156 valence electrons. The standard InChI is InChI=1S/C22H27N3O2.C2H6/c1-4-6-16-12-18(22(26)25-19(16)5-2)21-13-17-11-15(7-8-20(17)24-21)14-23-9-10-27-3;1-2/h5,7-8,11-13,23-24H,2,4,6,9-10,14H2,1,3H3,(H,25,26);1-2H3. The van der Waals surface area contributed by atoms with Crippen molar-refractivity contribution in [3.63, 3.8) is 0 Å². The molecule has 0 bridgehead atoms. The van der Waals surface area contributed by atoms with Crippen LogP contribution in [0.1, 0.15) is 44.0 Å².